The maximum atomic E-state index is 13.8. The van der Waals surface area contributed by atoms with Crippen LogP contribution in [0.15, 0.2) is 42.5 Å². The SMILES string of the molecule is CC[C@@H](C(=O)NCC(C)C)N(Cc1ccccc1Cl)C(=O)CN(c1c(C)cccc1C)S(C)(=O)=O. The predicted octanol–water partition coefficient (Wildman–Crippen LogP) is 4.30. The van der Waals surface area contributed by atoms with Gasteiger partial charge >= 0.3 is 0 Å². The van der Waals surface area contributed by atoms with Crippen LogP contribution in [0.5, 0.6) is 0 Å². The number of halogens is 1. The highest BCUT2D eigenvalue weighted by Crippen LogP contribution is 2.27. The van der Waals surface area contributed by atoms with E-state index in [4.69, 9.17) is 11.6 Å². The summed E-state index contributed by atoms with van der Waals surface area (Å²) >= 11 is 6.37. The lowest BCUT2D eigenvalue weighted by Crippen LogP contribution is -2.52. The molecule has 2 amide bonds. The molecular weight excluding hydrogens is 486 g/mol. The Hall–Kier alpha value is -2.58. The van der Waals surface area contributed by atoms with Gasteiger partial charge in [0.25, 0.3) is 0 Å². The highest BCUT2D eigenvalue weighted by Gasteiger charge is 2.32. The van der Waals surface area contributed by atoms with Crippen molar-refractivity contribution in [1.82, 2.24) is 10.2 Å². The van der Waals surface area contributed by atoms with Gasteiger partial charge in [0.15, 0.2) is 0 Å². The van der Waals surface area contributed by atoms with Crippen molar-refractivity contribution in [3.63, 3.8) is 0 Å². The van der Waals surface area contributed by atoms with Crippen molar-refractivity contribution in [2.45, 2.75) is 53.6 Å². The number of sulfonamides is 1. The number of nitrogens with zero attached hydrogens (tertiary/aromatic N) is 2. The molecular formula is C26H36ClN3O4S. The van der Waals surface area contributed by atoms with E-state index in [1.165, 1.54) is 4.90 Å². The second-order valence-corrected chi connectivity index (χ2v) is 11.5. The van der Waals surface area contributed by atoms with E-state index in [1.807, 2.05) is 32.9 Å². The Labute approximate surface area is 214 Å². The minimum absolute atomic E-state index is 0.0798. The molecule has 0 fully saturated rings. The lowest BCUT2D eigenvalue weighted by molar-refractivity contribution is -0.140. The third-order valence-corrected chi connectivity index (χ3v) is 7.22. The molecule has 0 aliphatic rings. The number of amides is 2. The molecule has 1 atom stereocenters. The van der Waals surface area contributed by atoms with Gasteiger partial charge in [0.05, 0.1) is 11.9 Å². The van der Waals surface area contributed by atoms with Crippen LogP contribution in [0.1, 0.15) is 43.9 Å². The topological polar surface area (TPSA) is 86.8 Å². The summed E-state index contributed by atoms with van der Waals surface area (Å²) in [5.41, 5.74) is 2.62. The quantitative estimate of drug-likeness (QED) is 0.477. The summed E-state index contributed by atoms with van der Waals surface area (Å²) in [5.74, 6) is -0.516. The van der Waals surface area contributed by atoms with Gasteiger partial charge in [-0.2, -0.15) is 0 Å². The van der Waals surface area contributed by atoms with Gasteiger partial charge in [-0.3, -0.25) is 13.9 Å². The molecule has 192 valence electrons. The maximum Gasteiger partial charge on any atom is 0.244 e. The van der Waals surface area contributed by atoms with Gasteiger partial charge in [-0.25, -0.2) is 8.42 Å². The molecule has 0 aromatic heterocycles. The van der Waals surface area contributed by atoms with Gasteiger partial charge in [-0.15, -0.1) is 0 Å². The van der Waals surface area contributed by atoms with Gasteiger partial charge in [-0.1, -0.05) is 68.8 Å². The summed E-state index contributed by atoms with van der Waals surface area (Å²) in [4.78, 5) is 28.3. The van der Waals surface area contributed by atoms with Crippen molar-refractivity contribution in [2.24, 2.45) is 5.92 Å². The highest BCUT2D eigenvalue weighted by atomic mass is 35.5. The van der Waals surface area contributed by atoms with Crippen LogP contribution in [-0.4, -0.2) is 50.5 Å². The van der Waals surface area contributed by atoms with Crippen LogP contribution in [0.2, 0.25) is 5.02 Å². The number of benzene rings is 2. The number of rotatable bonds is 11. The Balaban J connectivity index is 2.49. The third kappa shape index (κ3) is 7.70. The molecule has 9 heteroatoms. The molecule has 2 aromatic rings. The number of anilines is 1. The number of hydrogen-bond acceptors (Lipinski definition) is 4. The summed E-state index contributed by atoms with van der Waals surface area (Å²) in [7, 11) is -3.79. The third-order valence-electron chi connectivity index (χ3n) is 5.74. The van der Waals surface area contributed by atoms with E-state index < -0.39 is 28.5 Å². The fraction of sp³-hybridized carbons (Fsp3) is 0.462. The van der Waals surface area contributed by atoms with E-state index in [-0.39, 0.29) is 18.4 Å². The lowest BCUT2D eigenvalue weighted by atomic mass is 10.1. The first kappa shape index (κ1) is 28.7. The summed E-state index contributed by atoms with van der Waals surface area (Å²) in [6.07, 6.45) is 1.44. The van der Waals surface area contributed by atoms with Crippen molar-refractivity contribution in [1.29, 1.82) is 0 Å². The Morgan fingerprint density at radius 2 is 1.63 bits per heavy atom. The van der Waals surface area contributed by atoms with E-state index in [0.717, 1.165) is 21.7 Å². The monoisotopic (exact) mass is 521 g/mol. The van der Waals surface area contributed by atoms with E-state index in [9.17, 15) is 18.0 Å². The molecule has 0 spiro atoms. The molecule has 2 aromatic carbocycles. The van der Waals surface area contributed by atoms with E-state index >= 15 is 0 Å². The standard InChI is InChI=1S/C26H36ClN3O4S/c1-7-23(26(32)28-15-18(2)3)29(16-21-13-8-9-14-22(21)27)24(31)17-30(35(6,33)34)25-19(4)11-10-12-20(25)5/h8-14,18,23H,7,15-17H2,1-6H3,(H,28,32)/t23-/m0/s1. The van der Waals surface area contributed by atoms with Crippen LogP contribution < -0.4 is 9.62 Å². The lowest BCUT2D eigenvalue weighted by Gasteiger charge is -2.33. The Bertz CT molecular complexity index is 1130. The molecule has 0 heterocycles. The number of hydrogen-bond donors (Lipinski definition) is 1. The van der Waals surface area contributed by atoms with Crippen molar-refractivity contribution in [3.05, 3.63) is 64.2 Å². The first-order valence-corrected chi connectivity index (χ1v) is 13.9. The Morgan fingerprint density at radius 3 is 2.14 bits per heavy atom. The van der Waals surface area contributed by atoms with Gasteiger partial charge < -0.3 is 10.2 Å². The zero-order valence-corrected chi connectivity index (χ0v) is 22.9. The summed E-state index contributed by atoms with van der Waals surface area (Å²) in [6.45, 7) is 9.54. The molecule has 7 nitrogen and oxygen atoms in total. The Kier molecular flexibility index (Phi) is 10.2. The molecule has 0 bridgehead atoms. The van der Waals surface area contributed by atoms with Gasteiger partial charge in [0.1, 0.15) is 12.6 Å². The van der Waals surface area contributed by atoms with Crippen molar-refractivity contribution >= 4 is 39.1 Å². The fourth-order valence-corrected chi connectivity index (χ4v) is 5.09. The zero-order valence-electron chi connectivity index (χ0n) is 21.3. The number of aryl methyl sites for hydroxylation is 2. The van der Waals surface area contributed by atoms with Crippen LogP contribution in [0.4, 0.5) is 5.69 Å². The van der Waals surface area contributed by atoms with Crippen molar-refractivity contribution in [3.8, 4) is 0 Å². The second-order valence-electron chi connectivity index (χ2n) is 9.19. The number of nitrogens with one attached hydrogen (secondary N) is 1. The molecule has 1 N–H and O–H groups in total. The molecule has 2 rings (SSSR count). The minimum atomic E-state index is -3.79. The zero-order chi connectivity index (χ0) is 26.3. The smallest absolute Gasteiger partial charge is 0.244 e. The van der Waals surface area contributed by atoms with E-state index in [2.05, 4.69) is 5.32 Å². The average molecular weight is 522 g/mol. The average Bonchev–Trinajstić information content (AvgIpc) is 2.77. The van der Waals surface area contributed by atoms with Crippen LogP contribution in [-0.2, 0) is 26.2 Å². The number of carbonyl (C=O) groups excluding carboxylic acids is 2. The van der Waals surface area contributed by atoms with E-state index in [0.29, 0.717) is 29.2 Å². The fourth-order valence-electron chi connectivity index (χ4n) is 3.93. The largest absolute Gasteiger partial charge is 0.354 e. The Morgan fingerprint density at radius 1 is 1.03 bits per heavy atom. The van der Waals surface area contributed by atoms with Gasteiger partial charge in [0, 0.05) is 18.1 Å². The van der Waals surface area contributed by atoms with Crippen LogP contribution in [0.25, 0.3) is 0 Å². The van der Waals surface area contributed by atoms with Gasteiger partial charge in [-0.05, 0) is 48.9 Å². The van der Waals surface area contributed by atoms with Crippen LogP contribution in [0, 0.1) is 19.8 Å². The maximum absolute atomic E-state index is 13.8. The van der Waals surface area contributed by atoms with Crippen LogP contribution in [0.3, 0.4) is 0 Å². The molecule has 0 saturated carbocycles. The summed E-state index contributed by atoms with van der Waals surface area (Å²) in [6, 6.07) is 11.8. The number of para-hydroxylation sites is 1. The number of carbonyl (C=O) groups is 2. The molecule has 0 aliphatic carbocycles. The van der Waals surface area contributed by atoms with Crippen molar-refractivity contribution < 1.29 is 18.0 Å². The van der Waals surface area contributed by atoms with Gasteiger partial charge in [0.2, 0.25) is 21.8 Å². The molecule has 0 aliphatic heterocycles. The highest BCUT2D eigenvalue weighted by molar-refractivity contribution is 7.92. The molecule has 0 radical (unpaired) electrons. The molecule has 0 saturated heterocycles. The van der Waals surface area contributed by atoms with Crippen molar-refractivity contribution in [2.75, 3.05) is 23.7 Å². The minimum Gasteiger partial charge on any atom is -0.354 e. The molecule has 0 unspecified atom stereocenters. The normalized spacial score (nSPS) is 12.3. The second kappa shape index (κ2) is 12.4. The first-order valence-electron chi connectivity index (χ1n) is 11.7. The first-order chi connectivity index (χ1) is 16.4. The predicted molar refractivity (Wildman–Crippen MR) is 142 cm³/mol. The summed E-state index contributed by atoms with van der Waals surface area (Å²) < 4.78 is 26.7. The molecule has 35 heavy (non-hydrogen) atoms. The summed E-state index contributed by atoms with van der Waals surface area (Å²) in [5, 5.41) is 3.37. The van der Waals surface area contributed by atoms with E-state index in [1.54, 1.807) is 44.2 Å². The van der Waals surface area contributed by atoms with Crippen LogP contribution >= 0.6 is 11.6 Å².